The zero-order chi connectivity index (χ0) is 8.20. The van der Waals surface area contributed by atoms with Crippen LogP contribution in [-0.4, -0.2) is 10.7 Å². The molecular weight excluding hydrogens is 128 g/mol. The Morgan fingerprint density at radius 2 is 2.00 bits per heavy atom. The third kappa shape index (κ3) is 2.25. The van der Waals surface area contributed by atoms with Gasteiger partial charge in [-0.3, -0.25) is 5.84 Å². The van der Waals surface area contributed by atoms with Crippen LogP contribution in [0.1, 0.15) is 40.0 Å². The van der Waals surface area contributed by atoms with Crippen LogP contribution in [0.2, 0.25) is 0 Å². The average Bonchev–Trinajstić information content (AvgIpc) is 1.88. The number of nitrogens with two attached hydrogens (primary N) is 1. The van der Waals surface area contributed by atoms with Crippen molar-refractivity contribution in [2.75, 3.05) is 0 Å². The zero-order valence-corrected chi connectivity index (χ0v) is 7.05. The van der Waals surface area contributed by atoms with Crippen molar-refractivity contribution in [3.8, 4) is 0 Å². The van der Waals surface area contributed by atoms with E-state index in [1.54, 1.807) is 0 Å². The van der Waals surface area contributed by atoms with Crippen molar-refractivity contribution < 1.29 is 0 Å². The standard InChI is InChI=1S/C7H17N2O/c1-4-6-7(3,5-2)9(8)10/h4-6,8H2,1-3H3/q-1. The van der Waals surface area contributed by atoms with Crippen LogP contribution in [0.15, 0.2) is 0 Å². The molecule has 0 bridgehead atoms. The Bertz CT molecular complexity index is 95.6. The monoisotopic (exact) mass is 145 g/mol. The van der Waals surface area contributed by atoms with E-state index in [9.17, 15) is 5.21 Å². The van der Waals surface area contributed by atoms with E-state index in [2.05, 4.69) is 6.92 Å². The molecule has 0 saturated heterocycles. The van der Waals surface area contributed by atoms with Crippen LogP contribution in [0.25, 0.3) is 0 Å². The largest absolute Gasteiger partial charge is 0.771 e. The molecule has 0 heterocycles. The Labute approximate surface area is 62.7 Å². The number of nitrogens with zero attached hydrogens (tertiary/aromatic N) is 1. The van der Waals surface area contributed by atoms with Gasteiger partial charge in [-0.2, -0.15) is 0 Å². The molecule has 0 rings (SSSR count). The highest BCUT2D eigenvalue weighted by Gasteiger charge is 2.19. The zero-order valence-electron chi connectivity index (χ0n) is 7.05. The van der Waals surface area contributed by atoms with Crippen LogP contribution in [-0.2, 0) is 0 Å². The van der Waals surface area contributed by atoms with E-state index in [0.29, 0.717) is 5.17 Å². The highest BCUT2D eigenvalue weighted by atomic mass is 16.5. The normalized spacial score (nSPS) is 17.4. The van der Waals surface area contributed by atoms with Crippen LogP contribution >= 0.6 is 0 Å². The van der Waals surface area contributed by atoms with Crippen molar-refractivity contribution in [3.63, 3.8) is 0 Å². The maximum atomic E-state index is 10.8. The summed E-state index contributed by atoms with van der Waals surface area (Å²) < 4.78 is 0. The summed E-state index contributed by atoms with van der Waals surface area (Å²) in [5.41, 5.74) is -0.352. The van der Waals surface area contributed by atoms with Crippen molar-refractivity contribution in [1.29, 1.82) is 0 Å². The van der Waals surface area contributed by atoms with Crippen molar-refractivity contribution in [3.05, 3.63) is 5.21 Å². The maximum absolute atomic E-state index is 10.8. The van der Waals surface area contributed by atoms with Gasteiger partial charge in [0.1, 0.15) is 0 Å². The molecule has 1 atom stereocenters. The second-order valence-corrected chi connectivity index (χ2v) is 2.93. The molecule has 0 amide bonds. The van der Waals surface area contributed by atoms with Gasteiger partial charge in [0.15, 0.2) is 0 Å². The summed E-state index contributed by atoms with van der Waals surface area (Å²) in [6.07, 6.45) is 2.67. The molecule has 10 heavy (non-hydrogen) atoms. The molecule has 0 aromatic carbocycles. The van der Waals surface area contributed by atoms with Crippen LogP contribution in [0.5, 0.6) is 0 Å². The lowest BCUT2D eigenvalue weighted by molar-refractivity contribution is 0.147. The van der Waals surface area contributed by atoms with Gasteiger partial charge in [-0.05, 0) is 19.8 Å². The second kappa shape index (κ2) is 3.91. The topological polar surface area (TPSA) is 52.3 Å². The van der Waals surface area contributed by atoms with Crippen LogP contribution in [0, 0.1) is 5.21 Å². The molecule has 0 spiro atoms. The molecule has 0 aromatic rings. The fourth-order valence-corrected chi connectivity index (χ4v) is 0.981. The van der Waals surface area contributed by atoms with Gasteiger partial charge >= 0.3 is 0 Å². The first-order valence-electron chi connectivity index (χ1n) is 3.79. The van der Waals surface area contributed by atoms with E-state index in [1.165, 1.54) is 0 Å². The third-order valence-electron chi connectivity index (χ3n) is 2.08. The molecule has 0 aliphatic carbocycles. The van der Waals surface area contributed by atoms with Crippen molar-refractivity contribution in [2.24, 2.45) is 5.84 Å². The summed E-state index contributed by atoms with van der Waals surface area (Å²) in [7, 11) is 0. The Morgan fingerprint density at radius 3 is 2.10 bits per heavy atom. The highest BCUT2D eigenvalue weighted by molar-refractivity contribution is 4.81. The average molecular weight is 145 g/mol. The van der Waals surface area contributed by atoms with Gasteiger partial charge in [-0.25, -0.2) is 0 Å². The third-order valence-corrected chi connectivity index (χ3v) is 2.08. The summed E-state index contributed by atoms with van der Waals surface area (Å²) >= 11 is 0. The molecule has 0 aromatic heterocycles. The van der Waals surface area contributed by atoms with Crippen molar-refractivity contribution >= 4 is 0 Å². The van der Waals surface area contributed by atoms with E-state index < -0.39 is 0 Å². The van der Waals surface area contributed by atoms with E-state index >= 15 is 0 Å². The molecule has 0 saturated carbocycles. The Kier molecular flexibility index (Phi) is 3.86. The fraction of sp³-hybridized carbons (Fsp3) is 1.00. The number of rotatable bonds is 4. The number of hydroxylamine groups is 1. The van der Waals surface area contributed by atoms with Gasteiger partial charge in [0, 0.05) is 5.54 Å². The molecule has 1 unspecified atom stereocenters. The minimum Gasteiger partial charge on any atom is -0.771 e. The fourth-order valence-electron chi connectivity index (χ4n) is 0.981. The quantitative estimate of drug-likeness (QED) is 0.483. The maximum Gasteiger partial charge on any atom is 0.0186 e. The Hall–Kier alpha value is -0.120. The van der Waals surface area contributed by atoms with Gasteiger partial charge < -0.3 is 10.4 Å². The van der Waals surface area contributed by atoms with E-state index in [0.717, 1.165) is 19.3 Å². The molecular formula is C7H17N2O-. The van der Waals surface area contributed by atoms with Gasteiger partial charge in [-0.15, -0.1) is 0 Å². The smallest absolute Gasteiger partial charge is 0.0186 e. The van der Waals surface area contributed by atoms with Crippen molar-refractivity contribution in [1.82, 2.24) is 5.17 Å². The van der Waals surface area contributed by atoms with E-state index in [-0.39, 0.29) is 5.54 Å². The summed E-state index contributed by atoms with van der Waals surface area (Å²) in [5, 5.41) is 11.4. The SMILES string of the molecule is CCCC(C)(CC)N(N)[O-]. The van der Waals surface area contributed by atoms with Crippen LogP contribution < -0.4 is 5.84 Å². The number of hydrogen-bond acceptors (Lipinski definition) is 3. The van der Waals surface area contributed by atoms with Gasteiger partial charge in [0.25, 0.3) is 0 Å². The molecule has 3 nitrogen and oxygen atoms in total. The van der Waals surface area contributed by atoms with Gasteiger partial charge in [0.2, 0.25) is 0 Å². The lowest BCUT2D eigenvalue weighted by atomic mass is 9.94. The number of hydrogen-bond donors (Lipinski definition) is 1. The van der Waals surface area contributed by atoms with Gasteiger partial charge in [-0.1, -0.05) is 20.3 Å². The van der Waals surface area contributed by atoms with Crippen molar-refractivity contribution in [2.45, 2.75) is 45.6 Å². The van der Waals surface area contributed by atoms with E-state index in [1.807, 2.05) is 13.8 Å². The first-order valence-corrected chi connectivity index (χ1v) is 3.79. The summed E-state index contributed by atoms with van der Waals surface area (Å²) in [6.45, 7) is 5.92. The molecule has 62 valence electrons. The lowest BCUT2D eigenvalue weighted by Crippen LogP contribution is -2.46. The summed E-state index contributed by atoms with van der Waals surface area (Å²) in [4.78, 5) is 0. The second-order valence-electron chi connectivity index (χ2n) is 2.93. The Balaban J connectivity index is 3.94. The summed E-state index contributed by atoms with van der Waals surface area (Å²) in [5.74, 6) is 5.15. The predicted octanol–water partition coefficient (Wildman–Crippen LogP) is 1.63. The molecule has 0 aliphatic rings. The molecule has 0 aliphatic heterocycles. The molecule has 0 fully saturated rings. The Morgan fingerprint density at radius 1 is 1.50 bits per heavy atom. The number of hydrazine groups is 1. The van der Waals surface area contributed by atoms with E-state index in [4.69, 9.17) is 5.84 Å². The minimum absolute atomic E-state index is 0.352. The lowest BCUT2D eigenvalue weighted by Gasteiger charge is -2.42. The first-order chi connectivity index (χ1) is 4.56. The van der Waals surface area contributed by atoms with Gasteiger partial charge in [0.05, 0.1) is 0 Å². The predicted molar refractivity (Wildman–Crippen MR) is 43.0 cm³/mol. The molecule has 3 heteroatoms. The minimum atomic E-state index is -0.352. The summed E-state index contributed by atoms with van der Waals surface area (Å²) in [6, 6.07) is 0. The molecule has 2 N–H and O–H groups in total. The molecule has 0 radical (unpaired) electrons. The van der Waals surface area contributed by atoms with Crippen LogP contribution in [0.4, 0.5) is 0 Å². The highest BCUT2D eigenvalue weighted by Crippen LogP contribution is 2.20. The first kappa shape index (κ1) is 9.88. The van der Waals surface area contributed by atoms with Crippen LogP contribution in [0.3, 0.4) is 0 Å².